The highest BCUT2D eigenvalue weighted by Gasteiger charge is 2.22. The minimum Gasteiger partial charge on any atom is -0.507 e. The van der Waals surface area contributed by atoms with Gasteiger partial charge in [-0.3, -0.25) is 0 Å². The Labute approximate surface area is 94.8 Å². The van der Waals surface area contributed by atoms with Gasteiger partial charge in [-0.25, -0.2) is 0 Å². The van der Waals surface area contributed by atoms with Gasteiger partial charge >= 0.3 is 0 Å². The molecule has 0 saturated carbocycles. The number of anilines is 1. The third-order valence-corrected chi connectivity index (χ3v) is 3.07. The monoisotopic (exact) mass is 223 g/mol. The largest absolute Gasteiger partial charge is 0.507 e. The molecule has 2 rings (SSSR count). The van der Waals surface area contributed by atoms with Crippen LogP contribution in [0, 0.1) is 0 Å². The van der Waals surface area contributed by atoms with Gasteiger partial charge in [0.1, 0.15) is 5.75 Å². The Morgan fingerprint density at radius 2 is 2.00 bits per heavy atom. The second kappa shape index (κ2) is 4.72. The van der Waals surface area contributed by atoms with Crippen molar-refractivity contribution in [2.75, 3.05) is 31.2 Å². The van der Waals surface area contributed by atoms with Crippen molar-refractivity contribution in [2.24, 2.45) is 0 Å². The predicted molar refractivity (Wildman–Crippen MR) is 61.9 cm³/mol. The number of aliphatic hydroxyl groups is 2. The van der Waals surface area contributed by atoms with Crippen molar-refractivity contribution in [1.82, 2.24) is 0 Å². The number of nitrogens with zero attached hydrogens (tertiary/aromatic N) is 1. The average molecular weight is 223 g/mol. The normalized spacial score (nSPS) is 14.2. The van der Waals surface area contributed by atoms with Gasteiger partial charge in [-0.2, -0.15) is 0 Å². The van der Waals surface area contributed by atoms with Crippen LogP contribution in [-0.4, -0.2) is 41.6 Å². The van der Waals surface area contributed by atoms with Crippen LogP contribution in [0.2, 0.25) is 0 Å². The van der Waals surface area contributed by atoms with Crippen molar-refractivity contribution in [3.63, 3.8) is 0 Å². The number of β-amino-alcohol motifs (C(OH)–C–C–N with tert-alkyl or cyclic N) is 1. The summed E-state index contributed by atoms with van der Waals surface area (Å²) in [4.78, 5) is 2.07. The van der Waals surface area contributed by atoms with E-state index in [0.29, 0.717) is 18.7 Å². The van der Waals surface area contributed by atoms with Gasteiger partial charge in [-0.15, -0.1) is 0 Å². The molecule has 4 nitrogen and oxygen atoms in total. The lowest BCUT2D eigenvalue weighted by Gasteiger charge is -2.18. The van der Waals surface area contributed by atoms with Crippen LogP contribution in [0.15, 0.2) is 12.1 Å². The molecule has 1 aliphatic heterocycles. The van der Waals surface area contributed by atoms with Gasteiger partial charge in [0.15, 0.2) is 0 Å². The Kier molecular flexibility index (Phi) is 3.31. The van der Waals surface area contributed by atoms with E-state index in [1.807, 2.05) is 12.1 Å². The van der Waals surface area contributed by atoms with Crippen LogP contribution in [0.4, 0.5) is 5.69 Å². The maximum absolute atomic E-state index is 10.0. The second-order valence-corrected chi connectivity index (χ2v) is 4.01. The van der Waals surface area contributed by atoms with Crippen LogP contribution in [0.3, 0.4) is 0 Å². The Morgan fingerprint density at radius 1 is 1.19 bits per heavy atom. The summed E-state index contributed by atoms with van der Waals surface area (Å²) in [5.74, 6) is 0.312. The highest BCUT2D eigenvalue weighted by Crippen LogP contribution is 2.36. The number of aromatic hydroxyl groups is 1. The quantitative estimate of drug-likeness (QED) is 0.686. The molecular weight excluding hydrogens is 206 g/mol. The summed E-state index contributed by atoms with van der Waals surface area (Å²) >= 11 is 0. The fourth-order valence-corrected chi connectivity index (χ4v) is 2.26. The molecule has 0 aromatic heterocycles. The van der Waals surface area contributed by atoms with E-state index in [0.717, 1.165) is 29.8 Å². The van der Waals surface area contributed by atoms with Crippen molar-refractivity contribution in [3.8, 4) is 5.75 Å². The zero-order valence-corrected chi connectivity index (χ0v) is 9.19. The van der Waals surface area contributed by atoms with Crippen LogP contribution < -0.4 is 4.90 Å². The maximum Gasteiger partial charge on any atom is 0.124 e. The lowest BCUT2D eigenvalue weighted by Crippen LogP contribution is -2.23. The molecule has 88 valence electrons. The summed E-state index contributed by atoms with van der Waals surface area (Å²) in [7, 11) is 0. The first-order chi connectivity index (χ1) is 7.77. The van der Waals surface area contributed by atoms with Gasteiger partial charge in [0, 0.05) is 30.9 Å². The summed E-state index contributed by atoms with van der Waals surface area (Å²) in [6, 6.07) is 3.81. The molecule has 0 bridgehead atoms. The molecule has 0 radical (unpaired) electrons. The minimum absolute atomic E-state index is 0.0483. The number of hydrogen-bond donors (Lipinski definition) is 3. The van der Waals surface area contributed by atoms with Crippen molar-refractivity contribution >= 4 is 5.69 Å². The molecule has 0 unspecified atom stereocenters. The lowest BCUT2D eigenvalue weighted by atomic mass is 10.0. The zero-order chi connectivity index (χ0) is 11.5. The van der Waals surface area contributed by atoms with Crippen LogP contribution >= 0.6 is 0 Å². The van der Waals surface area contributed by atoms with Gasteiger partial charge in [0.2, 0.25) is 0 Å². The molecule has 1 aromatic carbocycles. The summed E-state index contributed by atoms with van der Waals surface area (Å²) < 4.78 is 0. The van der Waals surface area contributed by atoms with Gasteiger partial charge in [-0.05, 0) is 24.5 Å². The summed E-state index contributed by atoms with van der Waals surface area (Å²) in [5.41, 5.74) is 2.75. The summed E-state index contributed by atoms with van der Waals surface area (Å²) in [5, 5.41) is 27.8. The van der Waals surface area contributed by atoms with E-state index in [1.54, 1.807) is 0 Å². The summed E-state index contributed by atoms with van der Waals surface area (Å²) in [6.45, 7) is 1.61. The number of aliphatic hydroxyl groups excluding tert-OH is 2. The van der Waals surface area contributed by atoms with E-state index in [-0.39, 0.29) is 13.2 Å². The highest BCUT2D eigenvalue weighted by molar-refractivity contribution is 5.65. The van der Waals surface area contributed by atoms with Gasteiger partial charge < -0.3 is 20.2 Å². The molecular formula is C12H17NO3. The summed E-state index contributed by atoms with van der Waals surface area (Å²) in [6.07, 6.45) is 1.29. The van der Waals surface area contributed by atoms with Gasteiger partial charge in [-0.1, -0.05) is 6.07 Å². The molecule has 1 heterocycles. The van der Waals surface area contributed by atoms with Crippen molar-refractivity contribution in [2.45, 2.75) is 12.8 Å². The third-order valence-electron chi connectivity index (χ3n) is 3.07. The molecule has 1 aliphatic rings. The number of phenolic OH excluding ortho intramolecular Hbond substituents is 1. The van der Waals surface area contributed by atoms with Crippen LogP contribution in [0.5, 0.6) is 5.75 Å². The SMILES string of the molecule is OCCc1ccc2c(c1O)CCN2CCO. The lowest BCUT2D eigenvalue weighted by molar-refractivity contribution is 0.297. The van der Waals surface area contributed by atoms with E-state index in [9.17, 15) is 5.11 Å². The first-order valence-corrected chi connectivity index (χ1v) is 5.58. The van der Waals surface area contributed by atoms with E-state index < -0.39 is 0 Å². The molecule has 0 aliphatic carbocycles. The Morgan fingerprint density at radius 3 is 2.69 bits per heavy atom. The zero-order valence-electron chi connectivity index (χ0n) is 9.19. The van der Waals surface area contributed by atoms with Crippen molar-refractivity contribution in [3.05, 3.63) is 23.3 Å². The topological polar surface area (TPSA) is 63.9 Å². The number of hydrogen-bond acceptors (Lipinski definition) is 4. The van der Waals surface area contributed by atoms with E-state index in [1.165, 1.54) is 0 Å². The Bertz CT molecular complexity index is 379. The first-order valence-electron chi connectivity index (χ1n) is 5.58. The predicted octanol–water partition coefficient (Wildman–Crippen LogP) is 0.282. The van der Waals surface area contributed by atoms with Crippen molar-refractivity contribution in [1.29, 1.82) is 0 Å². The molecule has 0 spiro atoms. The highest BCUT2D eigenvalue weighted by atomic mass is 16.3. The van der Waals surface area contributed by atoms with Gasteiger partial charge in [0.25, 0.3) is 0 Å². The molecule has 1 aromatic rings. The Balaban J connectivity index is 2.30. The molecule has 0 fully saturated rings. The van der Waals surface area contributed by atoms with Gasteiger partial charge in [0.05, 0.1) is 6.61 Å². The van der Waals surface area contributed by atoms with E-state index in [2.05, 4.69) is 4.90 Å². The first kappa shape index (κ1) is 11.2. The number of rotatable bonds is 4. The standard InChI is InChI=1S/C12H17NO3/c14-7-4-9-1-2-11-10(12(9)16)3-5-13(11)6-8-15/h1-2,14-16H,3-8H2. The molecule has 0 amide bonds. The average Bonchev–Trinajstić information content (AvgIpc) is 2.67. The number of phenols is 1. The minimum atomic E-state index is 0.0483. The van der Waals surface area contributed by atoms with Crippen LogP contribution in [0.25, 0.3) is 0 Å². The molecule has 4 heteroatoms. The van der Waals surface area contributed by atoms with E-state index in [4.69, 9.17) is 10.2 Å². The molecule has 3 N–H and O–H groups in total. The fraction of sp³-hybridized carbons (Fsp3) is 0.500. The molecule has 16 heavy (non-hydrogen) atoms. The van der Waals surface area contributed by atoms with Crippen LogP contribution in [-0.2, 0) is 12.8 Å². The second-order valence-electron chi connectivity index (χ2n) is 4.01. The third kappa shape index (κ3) is 1.86. The smallest absolute Gasteiger partial charge is 0.124 e. The number of fused-ring (bicyclic) bond motifs is 1. The Hall–Kier alpha value is -1.26. The fourth-order valence-electron chi connectivity index (χ4n) is 2.26. The number of benzene rings is 1. The molecule has 0 atom stereocenters. The van der Waals surface area contributed by atoms with E-state index >= 15 is 0 Å². The molecule has 0 saturated heterocycles. The maximum atomic E-state index is 10.0. The van der Waals surface area contributed by atoms with Crippen LogP contribution in [0.1, 0.15) is 11.1 Å². The van der Waals surface area contributed by atoms with Crippen molar-refractivity contribution < 1.29 is 15.3 Å².